The number of aliphatic imine (C=N–C) groups is 1. The van der Waals surface area contributed by atoms with Gasteiger partial charge in [0, 0.05) is 6.07 Å². The molecule has 50 valence electrons. The zero-order valence-electron chi connectivity index (χ0n) is 5.34. The minimum absolute atomic E-state index is 0.295. The number of hydrogen-bond donors (Lipinski definition) is 0. The van der Waals surface area contributed by atoms with E-state index in [0.717, 1.165) is 0 Å². The van der Waals surface area contributed by atoms with Gasteiger partial charge in [0.15, 0.2) is 0 Å². The molecule has 0 unspecified atom stereocenters. The quantitative estimate of drug-likeness (QED) is 0.524. The van der Waals surface area contributed by atoms with Gasteiger partial charge in [-0.2, -0.15) is 0 Å². The number of halogens is 1. The maximum Gasteiger partial charge on any atom is 0.125 e. The van der Waals surface area contributed by atoms with Crippen molar-refractivity contribution in [3.8, 4) is 0 Å². The lowest BCUT2D eigenvalue weighted by Crippen LogP contribution is -1.69. The van der Waals surface area contributed by atoms with Crippen LogP contribution in [0.2, 0.25) is 0 Å². The van der Waals surface area contributed by atoms with Crippen LogP contribution in [0.5, 0.6) is 0 Å². The highest BCUT2D eigenvalue weighted by Crippen LogP contribution is 2.11. The van der Waals surface area contributed by atoms with Gasteiger partial charge in [-0.25, -0.2) is 9.38 Å². The molecule has 0 saturated heterocycles. The van der Waals surface area contributed by atoms with Gasteiger partial charge in [-0.15, -0.1) is 0 Å². The van der Waals surface area contributed by atoms with Crippen LogP contribution < -0.4 is 0 Å². The zero-order chi connectivity index (χ0) is 7.40. The van der Waals surface area contributed by atoms with Crippen LogP contribution in [0.15, 0.2) is 35.8 Å². The molecule has 0 bridgehead atoms. The van der Waals surface area contributed by atoms with E-state index >= 15 is 0 Å². The predicted molar refractivity (Wildman–Crippen MR) is 39.1 cm³/mol. The standard InChI is InChI=1S/C8H6FN/c1-2-10-8-5-3-4-7(9)6-8/h3-6H,1H2. The molecule has 0 atom stereocenters. The number of hydrogen-bond acceptors (Lipinski definition) is 1. The van der Waals surface area contributed by atoms with Crippen molar-refractivity contribution < 1.29 is 4.39 Å². The molecule has 0 N–H and O–H groups in total. The second-order valence-electron chi connectivity index (χ2n) is 1.75. The van der Waals surface area contributed by atoms with Gasteiger partial charge in [-0.1, -0.05) is 6.07 Å². The lowest BCUT2D eigenvalue weighted by atomic mass is 10.3. The summed E-state index contributed by atoms with van der Waals surface area (Å²) in [7, 11) is 0. The Labute approximate surface area is 58.5 Å². The third kappa shape index (κ3) is 1.54. The van der Waals surface area contributed by atoms with Crippen LogP contribution in [0.1, 0.15) is 0 Å². The molecule has 0 fully saturated rings. The molecular weight excluding hydrogens is 129 g/mol. The summed E-state index contributed by atoms with van der Waals surface area (Å²) in [6, 6.07) is 5.95. The Kier molecular flexibility index (Phi) is 1.98. The Morgan fingerprint density at radius 1 is 1.50 bits per heavy atom. The summed E-state index contributed by atoms with van der Waals surface area (Å²) in [5, 5.41) is 0. The first-order valence-electron chi connectivity index (χ1n) is 2.81. The minimum Gasteiger partial charge on any atom is -0.207 e. The van der Waals surface area contributed by atoms with Crippen LogP contribution in [0.4, 0.5) is 10.1 Å². The fourth-order valence-electron chi connectivity index (χ4n) is 0.637. The normalized spacial score (nSPS) is 8.50. The van der Waals surface area contributed by atoms with E-state index in [1.165, 1.54) is 12.1 Å². The molecule has 2 heteroatoms. The van der Waals surface area contributed by atoms with Crippen molar-refractivity contribution in [2.24, 2.45) is 4.99 Å². The van der Waals surface area contributed by atoms with Gasteiger partial charge < -0.3 is 0 Å². The number of rotatable bonds is 1. The van der Waals surface area contributed by atoms with Crippen LogP contribution in [-0.4, -0.2) is 5.87 Å². The molecule has 1 nitrogen and oxygen atoms in total. The van der Waals surface area contributed by atoms with Crippen molar-refractivity contribution in [2.45, 2.75) is 0 Å². The first kappa shape index (κ1) is 6.72. The van der Waals surface area contributed by atoms with Crippen molar-refractivity contribution in [1.29, 1.82) is 0 Å². The highest BCUT2D eigenvalue weighted by molar-refractivity contribution is 5.55. The molecule has 1 aromatic carbocycles. The van der Waals surface area contributed by atoms with Crippen LogP contribution in [0.3, 0.4) is 0 Å². The summed E-state index contributed by atoms with van der Waals surface area (Å²) in [4.78, 5) is 3.67. The van der Waals surface area contributed by atoms with Crippen molar-refractivity contribution in [3.63, 3.8) is 0 Å². The molecule has 0 aromatic heterocycles. The van der Waals surface area contributed by atoms with Gasteiger partial charge in [-0.05, 0) is 24.6 Å². The Bertz CT molecular complexity index is 274. The van der Waals surface area contributed by atoms with Gasteiger partial charge in [0.25, 0.3) is 0 Å². The van der Waals surface area contributed by atoms with E-state index < -0.39 is 0 Å². The second-order valence-corrected chi connectivity index (χ2v) is 1.75. The fraction of sp³-hybridized carbons (Fsp3) is 0. The fourth-order valence-corrected chi connectivity index (χ4v) is 0.637. The average Bonchev–Trinajstić information content (AvgIpc) is 1.88. The molecule has 0 aliphatic heterocycles. The van der Waals surface area contributed by atoms with E-state index in [-0.39, 0.29) is 5.82 Å². The van der Waals surface area contributed by atoms with Gasteiger partial charge in [0.1, 0.15) is 5.82 Å². The largest absolute Gasteiger partial charge is 0.207 e. The van der Waals surface area contributed by atoms with Crippen LogP contribution in [0, 0.1) is 5.82 Å². The van der Waals surface area contributed by atoms with E-state index in [1.807, 2.05) is 0 Å². The molecule has 1 aromatic rings. The maximum atomic E-state index is 12.4. The monoisotopic (exact) mass is 135 g/mol. The molecule has 0 saturated carbocycles. The maximum absolute atomic E-state index is 12.4. The number of nitrogens with zero attached hydrogens (tertiary/aromatic N) is 1. The van der Waals surface area contributed by atoms with Crippen molar-refractivity contribution >= 4 is 11.6 Å². The molecule has 0 aliphatic carbocycles. The Hall–Kier alpha value is -1.40. The molecule has 0 amide bonds. The SMILES string of the molecule is C=C=Nc1cccc(F)c1. The summed E-state index contributed by atoms with van der Waals surface area (Å²) < 4.78 is 12.4. The van der Waals surface area contributed by atoms with Gasteiger partial charge in [0.05, 0.1) is 5.69 Å². The second kappa shape index (κ2) is 2.95. The number of benzene rings is 1. The summed E-state index contributed by atoms with van der Waals surface area (Å²) in [6.07, 6.45) is 0. The molecule has 0 aliphatic rings. The molecule has 10 heavy (non-hydrogen) atoms. The van der Waals surface area contributed by atoms with Crippen LogP contribution in [0.25, 0.3) is 0 Å². The Balaban J connectivity index is 3.06. The highest BCUT2D eigenvalue weighted by Gasteiger charge is 1.88. The Morgan fingerprint density at radius 3 is 2.90 bits per heavy atom. The zero-order valence-corrected chi connectivity index (χ0v) is 5.34. The first-order chi connectivity index (χ1) is 4.83. The third-order valence-corrected chi connectivity index (χ3v) is 1.02. The molecule has 0 radical (unpaired) electrons. The van der Waals surface area contributed by atoms with Crippen molar-refractivity contribution in [2.75, 3.05) is 0 Å². The van der Waals surface area contributed by atoms with Crippen molar-refractivity contribution in [1.82, 2.24) is 0 Å². The third-order valence-electron chi connectivity index (χ3n) is 1.02. The summed E-state index contributed by atoms with van der Waals surface area (Å²) in [5.41, 5.74) is 0.537. The summed E-state index contributed by atoms with van der Waals surface area (Å²) in [5.74, 6) is 2.02. The topological polar surface area (TPSA) is 12.4 Å². The van der Waals surface area contributed by atoms with E-state index in [4.69, 9.17) is 0 Å². The summed E-state index contributed by atoms with van der Waals surface area (Å²) in [6.45, 7) is 3.27. The van der Waals surface area contributed by atoms with Gasteiger partial charge >= 0.3 is 0 Å². The predicted octanol–water partition coefficient (Wildman–Crippen LogP) is 2.31. The molecular formula is C8H6FN. The lowest BCUT2D eigenvalue weighted by molar-refractivity contribution is 0.628. The average molecular weight is 135 g/mol. The van der Waals surface area contributed by atoms with Gasteiger partial charge in [-0.3, -0.25) is 0 Å². The van der Waals surface area contributed by atoms with Crippen LogP contribution >= 0.6 is 0 Å². The minimum atomic E-state index is -0.295. The first-order valence-corrected chi connectivity index (χ1v) is 2.81. The van der Waals surface area contributed by atoms with Crippen molar-refractivity contribution in [3.05, 3.63) is 36.7 Å². The highest BCUT2D eigenvalue weighted by atomic mass is 19.1. The smallest absolute Gasteiger partial charge is 0.125 e. The van der Waals surface area contributed by atoms with E-state index in [2.05, 4.69) is 17.4 Å². The lowest BCUT2D eigenvalue weighted by Gasteiger charge is -1.88. The Morgan fingerprint density at radius 2 is 2.30 bits per heavy atom. The molecule has 0 spiro atoms. The van der Waals surface area contributed by atoms with E-state index in [1.54, 1.807) is 12.1 Å². The molecule has 1 rings (SSSR count). The van der Waals surface area contributed by atoms with Crippen LogP contribution in [-0.2, 0) is 0 Å². The van der Waals surface area contributed by atoms with Gasteiger partial charge in [0.2, 0.25) is 0 Å². The van der Waals surface area contributed by atoms with E-state index in [0.29, 0.717) is 5.69 Å². The summed E-state index contributed by atoms with van der Waals surface area (Å²) >= 11 is 0. The van der Waals surface area contributed by atoms with E-state index in [9.17, 15) is 4.39 Å². The molecule has 0 heterocycles.